The van der Waals surface area contributed by atoms with Gasteiger partial charge in [0.15, 0.2) is 5.76 Å². The first kappa shape index (κ1) is 19.3. The lowest BCUT2D eigenvalue weighted by atomic mass is 9.99. The van der Waals surface area contributed by atoms with E-state index in [1.807, 2.05) is 42.5 Å². The van der Waals surface area contributed by atoms with E-state index in [2.05, 4.69) is 4.72 Å². The molecule has 4 rings (SSSR count). The van der Waals surface area contributed by atoms with Crippen molar-refractivity contribution in [1.82, 2.24) is 4.90 Å². The summed E-state index contributed by atoms with van der Waals surface area (Å²) >= 11 is 0. The minimum Gasteiger partial charge on any atom is -0.459 e. The summed E-state index contributed by atoms with van der Waals surface area (Å²) in [6, 6.07) is 18.4. The monoisotopic (exact) mass is 410 g/mol. The summed E-state index contributed by atoms with van der Waals surface area (Å²) < 4.78 is 32.8. The van der Waals surface area contributed by atoms with Crippen molar-refractivity contribution in [2.45, 2.75) is 19.4 Å². The van der Waals surface area contributed by atoms with Crippen LogP contribution in [0.2, 0.25) is 0 Å². The Morgan fingerprint density at radius 1 is 1.03 bits per heavy atom. The second-order valence-corrected chi connectivity index (χ2v) is 8.94. The molecule has 6 nitrogen and oxygen atoms in total. The third-order valence-corrected chi connectivity index (χ3v) is 6.30. The number of aryl methyl sites for hydroxylation is 1. The molecule has 1 aromatic heterocycles. The number of sulfonamides is 1. The van der Waals surface area contributed by atoms with Crippen LogP contribution in [0.4, 0.5) is 5.69 Å². The molecule has 2 aromatic carbocycles. The highest BCUT2D eigenvalue weighted by Crippen LogP contribution is 2.24. The number of carbonyl (C=O) groups is 1. The van der Waals surface area contributed by atoms with Gasteiger partial charge in [-0.3, -0.25) is 9.52 Å². The van der Waals surface area contributed by atoms with Crippen LogP contribution in [-0.2, 0) is 29.4 Å². The Kier molecular flexibility index (Phi) is 5.40. The molecule has 7 heteroatoms. The number of nitrogens with one attached hydrogen (secondary N) is 1. The number of amides is 1. The fraction of sp³-hybridized carbons (Fsp3) is 0.227. The molecule has 0 bridgehead atoms. The number of carbonyl (C=O) groups excluding carboxylic acids is 1. The van der Waals surface area contributed by atoms with Crippen LogP contribution >= 0.6 is 0 Å². The molecular formula is C22H22N2O4S. The van der Waals surface area contributed by atoms with Crippen LogP contribution in [0.3, 0.4) is 0 Å². The van der Waals surface area contributed by atoms with Crippen molar-refractivity contribution in [2.24, 2.45) is 0 Å². The summed E-state index contributed by atoms with van der Waals surface area (Å²) in [5.74, 6) is 0.165. The van der Waals surface area contributed by atoms with Crippen molar-refractivity contribution < 1.29 is 17.6 Å². The highest BCUT2D eigenvalue weighted by molar-refractivity contribution is 7.92. The van der Waals surface area contributed by atoms with Crippen LogP contribution in [0, 0.1) is 0 Å². The lowest BCUT2D eigenvalue weighted by Crippen LogP contribution is -2.35. The quantitative estimate of drug-likeness (QED) is 0.675. The SMILES string of the molecule is O=C(c1ccco1)N1CCc2ccc(NS(=O)(=O)CCc3ccccc3)cc2C1. The van der Waals surface area contributed by atoms with Gasteiger partial charge in [0.2, 0.25) is 10.0 Å². The standard InChI is InChI=1S/C22H22N2O4S/c25-22(21-7-4-13-28-21)24-12-10-18-8-9-20(15-19(18)16-24)23-29(26,27)14-11-17-5-2-1-3-6-17/h1-9,13,15,23H,10-12,14,16H2. The van der Waals surface area contributed by atoms with Crippen molar-refractivity contribution in [3.8, 4) is 0 Å². The number of fused-ring (bicyclic) bond motifs is 1. The minimum atomic E-state index is -3.47. The fourth-order valence-corrected chi connectivity index (χ4v) is 4.57. The van der Waals surface area contributed by atoms with Crippen molar-refractivity contribution >= 4 is 21.6 Å². The van der Waals surface area contributed by atoms with Gasteiger partial charge in [-0.2, -0.15) is 0 Å². The first-order valence-corrected chi connectivity index (χ1v) is 11.1. The van der Waals surface area contributed by atoms with Gasteiger partial charge in [0.05, 0.1) is 12.0 Å². The van der Waals surface area contributed by atoms with Gasteiger partial charge in [-0.05, 0) is 53.8 Å². The summed E-state index contributed by atoms with van der Waals surface area (Å²) in [4.78, 5) is 14.2. The Bertz CT molecular complexity index is 1090. The van der Waals surface area contributed by atoms with E-state index in [-0.39, 0.29) is 11.7 Å². The van der Waals surface area contributed by atoms with Gasteiger partial charge in [-0.25, -0.2) is 8.42 Å². The average molecular weight is 410 g/mol. The molecule has 0 spiro atoms. The van der Waals surface area contributed by atoms with Crippen molar-refractivity contribution in [3.63, 3.8) is 0 Å². The van der Waals surface area contributed by atoms with Gasteiger partial charge < -0.3 is 9.32 Å². The van der Waals surface area contributed by atoms with Crippen molar-refractivity contribution in [3.05, 3.63) is 89.4 Å². The van der Waals surface area contributed by atoms with Crippen LogP contribution in [0.15, 0.2) is 71.3 Å². The second kappa shape index (κ2) is 8.13. The molecule has 0 fully saturated rings. The molecule has 2 heterocycles. The lowest BCUT2D eigenvalue weighted by molar-refractivity contribution is 0.0702. The Labute approximate surface area is 170 Å². The van der Waals surface area contributed by atoms with Crippen molar-refractivity contribution in [2.75, 3.05) is 17.0 Å². The molecule has 0 atom stereocenters. The zero-order valence-electron chi connectivity index (χ0n) is 15.9. The smallest absolute Gasteiger partial charge is 0.289 e. The number of hydrogen-bond donors (Lipinski definition) is 1. The molecule has 29 heavy (non-hydrogen) atoms. The summed E-state index contributed by atoms with van der Waals surface area (Å²) in [7, 11) is -3.47. The number of hydrogen-bond acceptors (Lipinski definition) is 4. The maximum Gasteiger partial charge on any atom is 0.289 e. The van der Waals surface area contributed by atoms with E-state index in [9.17, 15) is 13.2 Å². The second-order valence-electron chi connectivity index (χ2n) is 7.09. The Morgan fingerprint density at radius 3 is 2.62 bits per heavy atom. The van der Waals surface area contributed by atoms with Gasteiger partial charge >= 0.3 is 0 Å². The summed E-state index contributed by atoms with van der Waals surface area (Å²) in [5, 5.41) is 0. The van der Waals surface area contributed by atoms with E-state index < -0.39 is 10.0 Å². The molecule has 1 aliphatic rings. The molecule has 3 aromatic rings. The van der Waals surface area contributed by atoms with Crippen LogP contribution in [0.25, 0.3) is 0 Å². The van der Waals surface area contributed by atoms with E-state index in [1.165, 1.54) is 6.26 Å². The van der Waals surface area contributed by atoms with E-state index in [0.717, 1.165) is 23.1 Å². The molecular weight excluding hydrogens is 388 g/mol. The number of anilines is 1. The summed E-state index contributed by atoms with van der Waals surface area (Å²) in [6.07, 6.45) is 2.66. The lowest BCUT2D eigenvalue weighted by Gasteiger charge is -2.28. The van der Waals surface area contributed by atoms with E-state index in [0.29, 0.717) is 31.0 Å². The Balaban J connectivity index is 1.44. The van der Waals surface area contributed by atoms with Gasteiger partial charge in [-0.15, -0.1) is 0 Å². The molecule has 1 amide bonds. The molecule has 1 aliphatic heterocycles. The normalized spacial score (nSPS) is 13.7. The molecule has 150 valence electrons. The fourth-order valence-electron chi connectivity index (χ4n) is 3.48. The molecule has 1 N–H and O–H groups in total. The Morgan fingerprint density at radius 2 is 1.86 bits per heavy atom. The summed E-state index contributed by atoms with van der Waals surface area (Å²) in [6.45, 7) is 1.03. The number of rotatable bonds is 6. The van der Waals surface area contributed by atoms with E-state index in [4.69, 9.17) is 4.42 Å². The van der Waals surface area contributed by atoms with Crippen LogP contribution in [-0.4, -0.2) is 31.5 Å². The zero-order chi connectivity index (χ0) is 20.3. The molecule has 0 aliphatic carbocycles. The third kappa shape index (κ3) is 4.68. The molecule has 0 radical (unpaired) electrons. The van der Waals surface area contributed by atoms with Crippen LogP contribution in [0.5, 0.6) is 0 Å². The summed E-state index contributed by atoms with van der Waals surface area (Å²) in [5.41, 5.74) is 3.57. The van der Waals surface area contributed by atoms with Gasteiger partial charge in [-0.1, -0.05) is 36.4 Å². The highest BCUT2D eigenvalue weighted by Gasteiger charge is 2.24. The van der Waals surface area contributed by atoms with E-state index in [1.54, 1.807) is 23.1 Å². The minimum absolute atomic E-state index is 0.0111. The molecule has 0 saturated heterocycles. The maximum atomic E-state index is 12.5. The van der Waals surface area contributed by atoms with E-state index >= 15 is 0 Å². The molecule has 0 saturated carbocycles. The highest BCUT2D eigenvalue weighted by atomic mass is 32.2. The topological polar surface area (TPSA) is 79.6 Å². The Hall–Kier alpha value is -3.06. The van der Waals surface area contributed by atoms with Gasteiger partial charge in [0.1, 0.15) is 0 Å². The number of nitrogens with zero attached hydrogens (tertiary/aromatic N) is 1. The first-order chi connectivity index (χ1) is 14.0. The first-order valence-electron chi connectivity index (χ1n) is 9.49. The third-order valence-electron chi connectivity index (χ3n) is 5.01. The van der Waals surface area contributed by atoms with Gasteiger partial charge in [0, 0.05) is 18.8 Å². The number of furan rings is 1. The maximum absolute atomic E-state index is 12.5. The average Bonchev–Trinajstić information content (AvgIpc) is 3.27. The predicted octanol–water partition coefficient (Wildman–Crippen LogP) is 3.46. The molecule has 0 unspecified atom stereocenters. The largest absolute Gasteiger partial charge is 0.459 e. The predicted molar refractivity (Wildman–Crippen MR) is 111 cm³/mol. The number of benzene rings is 2. The van der Waals surface area contributed by atoms with Crippen LogP contribution < -0.4 is 4.72 Å². The zero-order valence-corrected chi connectivity index (χ0v) is 16.7. The van der Waals surface area contributed by atoms with Gasteiger partial charge in [0.25, 0.3) is 5.91 Å². The van der Waals surface area contributed by atoms with Crippen molar-refractivity contribution in [1.29, 1.82) is 0 Å². The van der Waals surface area contributed by atoms with Crippen LogP contribution in [0.1, 0.15) is 27.2 Å².